The molecule has 0 aliphatic rings. The number of nitrogens with one attached hydrogen (secondary N) is 2. The van der Waals surface area contributed by atoms with Gasteiger partial charge in [0.25, 0.3) is 5.91 Å². The number of nitro groups is 1. The van der Waals surface area contributed by atoms with E-state index in [4.69, 9.17) is 0 Å². The summed E-state index contributed by atoms with van der Waals surface area (Å²) in [5, 5.41) is 16.4. The minimum Gasteiger partial charge on any atom is -0.369 e. The Morgan fingerprint density at radius 3 is 2.58 bits per heavy atom. The van der Waals surface area contributed by atoms with Crippen LogP contribution in [0.25, 0.3) is 0 Å². The van der Waals surface area contributed by atoms with E-state index in [1.807, 2.05) is 0 Å². The van der Waals surface area contributed by atoms with E-state index in [0.717, 1.165) is 29.7 Å². The van der Waals surface area contributed by atoms with Crippen molar-refractivity contribution in [1.29, 1.82) is 0 Å². The van der Waals surface area contributed by atoms with Crippen molar-refractivity contribution in [2.24, 2.45) is 0 Å². The van der Waals surface area contributed by atoms with Crippen molar-refractivity contribution in [3.63, 3.8) is 0 Å². The summed E-state index contributed by atoms with van der Waals surface area (Å²) in [6.45, 7) is 1.82. The van der Waals surface area contributed by atoms with Gasteiger partial charge >= 0.3 is 5.69 Å². The molecule has 2 N–H and O–H groups in total. The number of carbonyl (C=O) groups excluding carboxylic acids is 1. The van der Waals surface area contributed by atoms with Crippen LogP contribution in [0.2, 0.25) is 0 Å². The summed E-state index contributed by atoms with van der Waals surface area (Å²) < 4.78 is 36.4. The minimum absolute atomic E-state index is 0.0889. The highest BCUT2D eigenvalue weighted by Crippen LogP contribution is 2.36. The number of rotatable bonds is 7. The van der Waals surface area contributed by atoms with Gasteiger partial charge in [-0.05, 0) is 24.6 Å². The Balaban J connectivity index is 1.97. The molecule has 2 aromatic rings. The standard InChI is InChI=1S/C15H16FN3O5S2/c1-9-3-4-10(7-11(9)16)14(20)17-5-6-18-15-12(19(21)22)8-13(25-15)26(2,23)24/h3-4,7-8,18H,5-6H2,1-2H3,(H,17,20). The predicted molar refractivity (Wildman–Crippen MR) is 96.0 cm³/mol. The molecule has 1 heterocycles. The molecule has 0 unspecified atom stereocenters. The molecule has 26 heavy (non-hydrogen) atoms. The minimum atomic E-state index is -3.56. The monoisotopic (exact) mass is 401 g/mol. The molecule has 0 radical (unpaired) electrons. The summed E-state index contributed by atoms with van der Waals surface area (Å²) in [6, 6.07) is 5.10. The van der Waals surface area contributed by atoms with Gasteiger partial charge in [0.2, 0.25) is 0 Å². The number of carbonyl (C=O) groups is 1. The molecule has 1 amide bonds. The number of anilines is 1. The lowest BCUT2D eigenvalue weighted by Gasteiger charge is -2.07. The number of halogens is 1. The highest BCUT2D eigenvalue weighted by molar-refractivity contribution is 7.92. The van der Waals surface area contributed by atoms with Gasteiger partial charge in [-0.25, -0.2) is 12.8 Å². The maximum absolute atomic E-state index is 13.5. The first-order valence-electron chi connectivity index (χ1n) is 7.36. The van der Waals surface area contributed by atoms with Crippen LogP contribution in [0.5, 0.6) is 0 Å². The van der Waals surface area contributed by atoms with Crippen molar-refractivity contribution < 1.29 is 22.5 Å². The van der Waals surface area contributed by atoms with Gasteiger partial charge in [0, 0.05) is 31.0 Å². The average Bonchev–Trinajstić information content (AvgIpc) is 2.98. The molecule has 0 saturated heterocycles. The van der Waals surface area contributed by atoms with Gasteiger partial charge in [-0.1, -0.05) is 17.4 Å². The van der Waals surface area contributed by atoms with Crippen LogP contribution in [0.15, 0.2) is 28.5 Å². The van der Waals surface area contributed by atoms with E-state index in [0.29, 0.717) is 5.56 Å². The van der Waals surface area contributed by atoms with Gasteiger partial charge in [-0.3, -0.25) is 14.9 Å². The van der Waals surface area contributed by atoms with E-state index < -0.39 is 26.5 Å². The van der Waals surface area contributed by atoms with E-state index in [1.54, 1.807) is 6.92 Å². The maximum Gasteiger partial charge on any atom is 0.304 e. The van der Waals surface area contributed by atoms with Gasteiger partial charge in [0.1, 0.15) is 10.0 Å². The fraction of sp³-hybridized carbons (Fsp3) is 0.267. The smallest absolute Gasteiger partial charge is 0.304 e. The largest absolute Gasteiger partial charge is 0.369 e. The first kappa shape index (κ1) is 19.8. The lowest BCUT2D eigenvalue weighted by Crippen LogP contribution is -2.28. The number of aryl methyl sites for hydroxylation is 1. The van der Waals surface area contributed by atoms with Gasteiger partial charge < -0.3 is 10.6 Å². The maximum atomic E-state index is 13.5. The lowest BCUT2D eigenvalue weighted by atomic mass is 10.1. The van der Waals surface area contributed by atoms with Crippen LogP contribution in [0.3, 0.4) is 0 Å². The van der Waals surface area contributed by atoms with Crippen molar-refractivity contribution in [2.75, 3.05) is 24.7 Å². The topological polar surface area (TPSA) is 118 Å². The fourth-order valence-electron chi connectivity index (χ4n) is 1.99. The number of sulfone groups is 1. The zero-order valence-corrected chi connectivity index (χ0v) is 15.5. The van der Waals surface area contributed by atoms with Gasteiger partial charge in [0.15, 0.2) is 14.8 Å². The molecule has 0 spiro atoms. The Morgan fingerprint density at radius 2 is 2.00 bits per heavy atom. The van der Waals surface area contributed by atoms with Crippen LogP contribution < -0.4 is 10.6 Å². The summed E-state index contributed by atoms with van der Waals surface area (Å²) in [7, 11) is -3.56. The predicted octanol–water partition coefficient (Wildman–Crippen LogP) is 2.35. The molecule has 2 rings (SSSR count). The number of hydrogen-bond donors (Lipinski definition) is 2. The zero-order chi connectivity index (χ0) is 19.5. The van der Waals surface area contributed by atoms with Gasteiger partial charge in [0.05, 0.1) is 4.92 Å². The fourth-order valence-corrected chi connectivity index (χ4v) is 3.96. The third-order valence-electron chi connectivity index (χ3n) is 3.38. The molecule has 0 bridgehead atoms. The summed E-state index contributed by atoms with van der Waals surface area (Å²) >= 11 is 0.751. The molecule has 0 aliphatic carbocycles. The quantitative estimate of drug-likeness (QED) is 0.418. The Morgan fingerprint density at radius 1 is 1.31 bits per heavy atom. The summed E-state index contributed by atoms with van der Waals surface area (Å²) in [6.07, 6.45) is 0.966. The van der Waals surface area contributed by atoms with Crippen LogP contribution in [-0.2, 0) is 9.84 Å². The Kier molecular flexibility index (Phi) is 5.93. The van der Waals surface area contributed by atoms with Gasteiger partial charge in [-0.15, -0.1) is 0 Å². The molecule has 1 aromatic heterocycles. The molecule has 0 fully saturated rings. The molecule has 1 aromatic carbocycles. The number of nitrogens with zero attached hydrogens (tertiary/aromatic N) is 1. The third-order valence-corrected chi connectivity index (χ3v) is 6.27. The third kappa shape index (κ3) is 4.76. The van der Waals surface area contributed by atoms with E-state index in [2.05, 4.69) is 10.6 Å². The molecule has 140 valence electrons. The molecular formula is C15H16FN3O5S2. The first-order valence-corrected chi connectivity index (χ1v) is 10.1. The SMILES string of the molecule is Cc1ccc(C(=O)NCCNc2sc(S(C)(=O)=O)cc2[N+](=O)[O-])cc1F. The summed E-state index contributed by atoms with van der Waals surface area (Å²) in [5.41, 5.74) is 0.242. The van der Waals surface area contributed by atoms with Crippen molar-refractivity contribution in [3.05, 3.63) is 51.3 Å². The molecule has 11 heteroatoms. The van der Waals surface area contributed by atoms with Crippen LogP contribution in [-0.4, -0.2) is 38.6 Å². The number of hydrogen-bond acceptors (Lipinski definition) is 7. The van der Waals surface area contributed by atoms with Crippen LogP contribution in [0.1, 0.15) is 15.9 Å². The summed E-state index contributed by atoms with van der Waals surface area (Å²) in [5.74, 6) is -0.971. The van der Waals surface area contributed by atoms with Crippen LogP contribution in [0.4, 0.5) is 15.1 Å². The van der Waals surface area contributed by atoms with Crippen molar-refractivity contribution in [3.8, 4) is 0 Å². The normalized spacial score (nSPS) is 11.2. The van der Waals surface area contributed by atoms with E-state index in [-0.39, 0.29) is 33.6 Å². The second-order valence-electron chi connectivity index (χ2n) is 5.46. The zero-order valence-electron chi connectivity index (χ0n) is 13.9. The number of thiophene rings is 1. The van der Waals surface area contributed by atoms with Crippen LogP contribution in [0, 0.1) is 22.9 Å². The second-order valence-corrected chi connectivity index (χ2v) is 8.75. The molecule has 0 aliphatic heterocycles. The second kappa shape index (κ2) is 7.79. The Hall–Kier alpha value is -2.53. The van der Waals surface area contributed by atoms with Gasteiger partial charge in [-0.2, -0.15) is 0 Å². The number of benzene rings is 1. The summed E-state index contributed by atoms with van der Waals surface area (Å²) in [4.78, 5) is 22.3. The lowest BCUT2D eigenvalue weighted by molar-refractivity contribution is -0.383. The highest BCUT2D eigenvalue weighted by atomic mass is 32.2. The molecule has 0 atom stereocenters. The Labute approximate surface area is 153 Å². The number of amides is 1. The van der Waals surface area contributed by atoms with Crippen LogP contribution >= 0.6 is 11.3 Å². The van der Waals surface area contributed by atoms with E-state index in [1.165, 1.54) is 12.1 Å². The highest BCUT2D eigenvalue weighted by Gasteiger charge is 2.23. The average molecular weight is 401 g/mol. The van der Waals surface area contributed by atoms with E-state index in [9.17, 15) is 27.7 Å². The van der Waals surface area contributed by atoms with Crippen molar-refractivity contribution in [1.82, 2.24) is 5.32 Å². The van der Waals surface area contributed by atoms with Crippen molar-refractivity contribution >= 4 is 37.8 Å². The molecule has 8 nitrogen and oxygen atoms in total. The van der Waals surface area contributed by atoms with Crippen molar-refractivity contribution in [2.45, 2.75) is 11.1 Å². The first-order chi connectivity index (χ1) is 12.1. The molecule has 0 saturated carbocycles. The Bertz CT molecular complexity index is 956. The van der Waals surface area contributed by atoms with E-state index >= 15 is 0 Å². The molecular weight excluding hydrogens is 385 g/mol.